The summed E-state index contributed by atoms with van der Waals surface area (Å²) in [5.74, 6) is -1.12. The summed E-state index contributed by atoms with van der Waals surface area (Å²) in [5, 5.41) is 8.61. The maximum Gasteiger partial charge on any atom is 0.269 e. The van der Waals surface area contributed by atoms with E-state index in [1.54, 1.807) is 35.0 Å². The number of hydrogen-bond acceptors (Lipinski definition) is 7. The van der Waals surface area contributed by atoms with Gasteiger partial charge in [0.05, 0.1) is 27.6 Å². The standard InChI is InChI=1S/C27H25ClN6O4S.C4H9Br.ClH/c28-25-21(3-1-13-31-25)27(36)32-17-6-4-16-5-11-20-23(26(30)35)33-34(24(20)22(16)15-17)18-7-9-19(10-8-18)39(37,38)14-2-12-29;1-2-3-4-5;/h1,3-4,6-10,13,15H,2,5,11-12,14,29H2,(H2,30,35)(H,32,36);2-4H2,1H3;1H. The predicted octanol–water partition coefficient (Wildman–Crippen LogP) is 5.76. The van der Waals surface area contributed by atoms with E-state index in [0.717, 1.165) is 16.5 Å². The molecule has 45 heavy (non-hydrogen) atoms. The largest absolute Gasteiger partial charge is 0.364 e. The van der Waals surface area contributed by atoms with Gasteiger partial charge in [-0.25, -0.2) is 18.1 Å². The second kappa shape index (κ2) is 16.3. The predicted molar refractivity (Wildman–Crippen MR) is 184 cm³/mol. The van der Waals surface area contributed by atoms with Crippen LogP contribution in [0.4, 0.5) is 5.69 Å². The Labute approximate surface area is 282 Å². The van der Waals surface area contributed by atoms with Crippen molar-refractivity contribution in [3.8, 4) is 16.9 Å². The Morgan fingerprint density at radius 3 is 2.42 bits per heavy atom. The quantitative estimate of drug-likeness (QED) is 0.138. The highest BCUT2D eigenvalue weighted by Gasteiger charge is 2.29. The lowest BCUT2D eigenvalue weighted by atomic mass is 9.88. The molecule has 0 saturated carbocycles. The molecule has 14 heteroatoms. The number of pyridine rings is 1. The van der Waals surface area contributed by atoms with Crippen molar-refractivity contribution in [1.82, 2.24) is 14.8 Å². The van der Waals surface area contributed by atoms with Crippen LogP contribution in [0.2, 0.25) is 5.15 Å². The Bertz CT molecular complexity index is 1760. The number of carbonyl (C=O) groups is 2. The van der Waals surface area contributed by atoms with Crippen LogP contribution in [-0.4, -0.2) is 52.6 Å². The number of amides is 2. The molecule has 0 atom stereocenters. The molecule has 2 aromatic heterocycles. The molecule has 0 radical (unpaired) electrons. The second-order valence-electron chi connectivity index (χ2n) is 10.1. The number of aromatic nitrogens is 3. The van der Waals surface area contributed by atoms with Crippen molar-refractivity contribution in [1.29, 1.82) is 0 Å². The lowest BCUT2D eigenvalue weighted by Gasteiger charge is -2.20. The molecule has 2 aromatic carbocycles. The molecule has 240 valence electrons. The fraction of sp³-hybridized carbons (Fsp3) is 0.290. The molecule has 0 saturated heterocycles. The summed E-state index contributed by atoms with van der Waals surface area (Å²) >= 11 is 9.39. The SMILES string of the molecule is CCCCBr.Cl.NCCCS(=O)(=O)c1ccc(-n2nc(C(N)=O)c3c2-c2cc(NC(=O)c4cccnc4Cl)ccc2CC3)cc1. The van der Waals surface area contributed by atoms with Crippen LogP contribution in [0, 0.1) is 0 Å². The first-order chi connectivity index (χ1) is 21.1. The first-order valence-corrected chi connectivity index (χ1v) is 17.3. The normalized spacial score (nSPS) is 11.7. The van der Waals surface area contributed by atoms with E-state index in [0.29, 0.717) is 41.9 Å². The zero-order valence-corrected chi connectivity index (χ0v) is 28.6. The Morgan fingerprint density at radius 2 is 1.82 bits per heavy atom. The number of carbonyl (C=O) groups excluding carboxylic acids is 2. The minimum Gasteiger partial charge on any atom is -0.364 e. The number of sulfone groups is 1. The monoisotopic (exact) mass is 736 g/mol. The van der Waals surface area contributed by atoms with Crippen LogP contribution in [0.5, 0.6) is 0 Å². The molecule has 2 amide bonds. The van der Waals surface area contributed by atoms with Crippen LogP contribution in [0.25, 0.3) is 16.9 Å². The van der Waals surface area contributed by atoms with Gasteiger partial charge in [0.1, 0.15) is 5.15 Å². The highest BCUT2D eigenvalue weighted by atomic mass is 79.9. The van der Waals surface area contributed by atoms with E-state index in [1.807, 2.05) is 12.1 Å². The minimum absolute atomic E-state index is 0. The van der Waals surface area contributed by atoms with Gasteiger partial charge in [-0.2, -0.15) is 5.10 Å². The van der Waals surface area contributed by atoms with Crippen LogP contribution in [0.1, 0.15) is 58.2 Å². The third kappa shape index (κ3) is 8.50. The number of benzene rings is 2. The maximum atomic E-state index is 12.8. The van der Waals surface area contributed by atoms with E-state index in [9.17, 15) is 18.0 Å². The molecular weight excluding hydrogens is 703 g/mol. The summed E-state index contributed by atoms with van der Waals surface area (Å²) in [6.45, 7) is 2.46. The number of unbranched alkanes of at least 4 members (excludes halogenated alkanes) is 1. The molecule has 0 spiro atoms. The lowest BCUT2D eigenvalue weighted by Crippen LogP contribution is -2.16. The van der Waals surface area contributed by atoms with Crippen LogP contribution in [0.3, 0.4) is 0 Å². The smallest absolute Gasteiger partial charge is 0.269 e. The van der Waals surface area contributed by atoms with Gasteiger partial charge in [0.15, 0.2) is 15.5 Å². The number of nitrogens with two attached hydrogens (primary N) is 2. The summed E-state index contributed by atoms with van der Waals surface area (Å²) in [6, 6.07) is 15.0. The van der Waals surface area contributed by atoms with Gasteiger partial charge < -0.3 is 16.8 Å². The summed E-state index contributed by atoms with van der Waals surface area (Å²) in [6.07, 6.45) is 5.66. The van der Waals surface area contributed by atoms with Gasteiger partial charge in [-0.15, -0.1) is 12.4 Å². The number of nitrogens with zero attached hydrogens (tertiary/aromatic N) is 3. The summed E-state index contributed by atoms with van der Waals surface area (Å²) in [7, 11) is -3.48. The fourth-order valence-corrected chi connectivity index (χ4v) is 6.87. The summed E-state index contributed by atoms with van der Waals surface area (Å²) in [5.41, 5.74) is 15.7. The molecule has 1 aliphatic rings. The maximum absolute atomic E-state index is 12.8. The first kappa shape index (κ1) is 36.2. The number of rotatable bonds is 10. The van der Waals surface area contributed by atoms with Gasteiger partial charge in [-0.1, -0.05) is 46.9 Å². The second-order valence-corrected chi connectivity index (χ2v) is 13.4. The average Bonchev–Trinajstić information content (AvgIpc) is 3.42. The van der Waals surface area contributed by atoms with Crippen molar-refractivity contribution in [2.24, 2.45) is 11.5 Å². The fourth-order valence-electron chi connectivity index (χ4n) is 4.77. The van der Waals surface area contributed by atoms with Crippen molar-refractivity contribution in [3.05, 3.63) is 88.3 Å². The van der Waals surface area contributed by atoms with Crippen LogP contribution < -0.4 is 16.8 Å². The Balaban J connectivity index is 0.000000854. The molecule has 0 fully saturated rings. The molecule has 0 aliphatic heterocycles. The van der Waals surface area contributed by atoms with Crippen LogP contribution in [-0.2, 0) is 22.7 Å². The Kier molecular flexibility index (Phi) is 13.1. The van der Waals surface area contributed by atoms with Crippen molar-refractivity contribution in [3.63, 3.8) is 0 Å². The molecule has 4 aromatic rings. The first-order valence-electron chi connectivity index (χ1n) is 14.2. The number of aryl methyl sites for hydroxylation is 1. The number of nitrogens with one attached hydrogen (secondary N) is 1. The molecule has 0 bridgehead atoms. The van der Waals surface area contributed by atoms with Gasteiger partial charge >= 0.3 is 0 Å². The lowest BCUT2D eigenvalue weighted by molar-refractivity contribution is 0.0992. The number of hydrogen-bond donors (Lipinski definition) is 3. The van der Waals surface area contributed by atoms with E-state index in [1.165, 1.54) is 31.2 Å². The van der Waals surface area contributed by atoms with Gasteiger partial charge in [-0.05, 0) is 86.3 Å². The van der Waals surface area contributed by atoms with E-state index >= 15 is 0 Å². The molecule has 5 rings (SSSR count). The molecular formula is C31H35BrCl2N6O4S. The molecule has 5 N–H and O–H groups in total. The molecule has 0 unspecified atom stereocenters. The number of anilines is 1. The van der Waals surface area contributed by atoms with Crippen molar-refractivity contribution >= 4 is 67.3 Å². The topological polar surface area (TPSA) is 163 Å². The number of alkyl halides is 1. The average molecular weight is 739 g/mol. The Hall–Kier alpha value is -3.29. The summed E-state index contributed by atoms with van der Waals surface area (Å²) < 4.78 is 26.8. The zero-order valence-electron chi connectivity index (χ0n) is 24.6. The van der Waals surface area contributed by atoms with Crippen molar-refractivity contribution in [2.45, 2.75) is 43.9 Å². The minimum atomic E-state index is -3.48. The van der Waals surface area contributed by atoms with E-state index in [2.05, 4.69) is 38.3 Å². The molecule has 10 nitrogen and oxygen atoms in total. The highest BCUT2D eigenvalue weighted by molar-refractivity contribution is 9.09. The molecule has 1 aliphatic carbocycles. The van der Waals surface area contributed by atoms with Gasteiger partial charge in [0, 0.05) is 28.3 Å². The highest BCUT2D eigenvalue weighted by Crippen LogP contribution is 2.38. The Morgan fingerprint density at radius 1 is 1.09 bits per heavy atom. The van der Waals surface area contributed by atoms with E-state index in [-0.39, 0.29) is 46.0 Å². The van der Waals surface area contributed by atoms with Crippen LogP contribution >= 0.6 is 39.9 Å². The third-order valence-electron chi connectivity index (χ3n) is 7.03. The number of primary amides is 1. The number of halogens is 3. The summed E-state index contributed by atoms with van der Waals surface area (Å²) in [4.78, 5) is 29.3. The van der Waals surface area contributed by atoms with Crippen LogP contribution in [0.15, 0.2) is 65.7 Å². The van der Waals surface area contributed by atoms with E-state index < -0.39 is 21.7 Å². The van der Waals surface area contributed by atoms with Crippen molar-refractivity contribution in [2.75, 3.05) is 22.9 Å². The molecule has 2 heterocycles. The van der Waals surface area contributed by atoms with E-state index in [4.69, 9.17) is 23.1 Å². The third-order valence-corrected chi connectivity index (χ3v) is 9.71. The number of fused-ring (bicyclic) bond motifs is 3. The van der Waals surface area contributed by atoms with Gasteiger partial charge in [0.25, 0.3) is 11.8 Å². The van der Waals surface area contributed by atoms with Crippen molar-refractivity contribution < 1.29 is 18.0 Å². The van der Waals surface area contributed by atoms with Gasteiger partial charge in [-0.3, -0.25) is 9.59 Å². The zero-order chi connectivity index (χ0) is 31.9. The van der Waals surface area contributed by atoms with Gasteiger partial charge in [0.2, 0.25) is 0 Å².